The second-order valence-corrected chi connectivity index (χ2v) is 7.05. The van der Waals surface area contributed by atoms with Gasteiger partial charge in [-0.2, -0.15) is 0 Å². The summed E-state index contributed by atoms with van der Waals surface area (Å²) in [6, 6.07) is 5.45. The molecule has 0 saturated carbocycles. The summed E-state index contributed by atoms with van der Waals surface area (Å²) < 4.78 is 5.33. The van der Waals surface area contributed by atoms with Gasteiger partial charge in [-0.25, -0.2) is 4.79 Å². The van der Waals surface area contributed by atoms with Crippen LogP contribution in [0.5, 0.6) is 5.75 Å². The average Bonchev–Trinajstić information content (AvgIpc) is 2.64. The molecule has 2 aliphatic rings. The smallest absolute Gasteiger partial charge is 0.410 e. The Morgan fingerprint density at radius 3 is 2.65 bits per heavy atom. The fourth-order valence-electron chi connectivity index (χ4n) is 3.57. The van der Waals surface area contributed by atoms with Crippen LogP contribution in [0.3, 0.4) is 0 Å². The minimum Gasteiger partial charge on any atom is -0.410 e. The topological polar surface area (TPSA) is 93.0 Å². The van der Waals surface area contributed by atoms with Crippen molar-refractivity contribution in [3.8, 4) is 5.75 Å². The molecule has 3 rings (SSSR count). The number of ether oxygens (including phenoxy) is 1. The number of nitro groups is 1. The van der Waals surface area contributed by atoms with Crippen molar-refractivity contribution in [2.75, 3.05) is 19.6 Å². The summed E-state index contributed by atoms with van der Waals surface area (Å²) in [5.41, 5.74) is -0.0550. The van der Waals surface area contributed by atoms with Crippen LogP contribution in [0.4, 0.5) is 10.5 Å². The third kappa shape index (κ3) is 4.12. The predicted molar refractivity (Wildman–Crippen MR) is 93.8 cm³/mol. The number of carbonyl (C=O) groups excluding carboxylic acids is 2. The van der Waals surface area contributed by atoms with Gasteiger partial charge in [-0.1, -0.05) is 6.92 Å². The average molecular weight is 361 g/mol. The molecule has 0 aromatic heterocycles. The highest BCUT2D eigenvalue weighted by atomic mass is 16.6. The highest BCUT2D eigenvalue weighted by molar-refractivity contribution is 5.77. The van der Waals surface area contributed by atoms with E-state index in [9.17, 15) is 19.7 Å². The Hall–Kier alpha value is -2.64. The van der Waals surface area contributed by atoms with E-state index in [1.807, 2.05) is 4.90 Å². The highest BCUT2D eigenvalue weighted by Crippen LogP contribution is 2.25. The van der Waals surface area contributed by atoms with Gasteiger partial charge in [0.05, 0.1) is 4.92 Å². The van der Waals surface area contributed by atoms with E-state index in [1.165, 1.54) is 24.3 Å². The summed E-state index contributed by atoms with van der Waals surface area (Å²) in [7, 11) is 0. The zero-order chi connectivity index (χ0) is 18.7. The third-order valence-corrected chi connectivity index (χ3v) is 5.03. The molecule has 2 aliphatic heterocycles. The van der Waals surface area contributed by atoms with Gasteiger partial charge in [-0.3, -0.25) is 14.9 Å². The quantitative estimate of drug-likeness (QED) is 0.610. The van der Waals surface area contributed by atoms with Crippen molar-refractivity contribution in [1.82, 2.24) is 9.80 Å². The van der Waals surface area contributed by atoms with E-state index in [2.05, 4.69) is 6.92 Å². The lowest BCUT2D eigenvalue weighted by Gasteiger charge is -2.42. The molecule has 2 amide bonds. The first kappa shape index (κ1) is 18.2. The molecule has 8 heteroatoms. The molecule has 2 fully saturated rings. The summed E-state index contributed by atoms with van der Waals surface area (Å²) >= 11 is 0. The van der Waals surface area contributed by atoms with E-state index in [0.717, 1.165) is 25.8 Å². The molecule has 8 nitrogen and oxygen atoms in total. The number of hydrogen-bond acceptors (Lipinski definition) is 5. The summed E-state index contributed by atoms with van der Waals surface area (Å²) in [5.74, 6) is 0.916. The Labute approximate surface area is 151 Å². The van der Waals surface area contributed by atoms with E-state index in [0.29, 0.717) is 25.4 Å². The van der Waals surface area contributed by atoms with Gasteiger partial charge in [-0.05, 0) is 37.3 Å². The highest BCUT2D eigenvalue weighted by Gasteiger charge is 2.34. The Kier molecular flexibility index (Phi) is 5.39. The summed E-state index contributed by atoms with van der Waals surface area (Å²) in [6.45, 7) is 3.93. The van der Waals surface area contributed by atoms with Crippen LogP contribution in [0.2, 0.25) is 0 Å². The molecule has 2 heterocycles. The van der Waals surface area contributed by atoms with Gasteiger partial charge in [0.15, 0.2) is 0 Å². The predicted octanol–water partition coefficient (Wildman–Crippen LogP) is 2.82. The van der Waals surface area contributed by atoms with E-state index in [4.69, 9.17) is 4.74 Å². The monoisotopic (exact) mass is 361 g/mol. The van der Waals surface area contributed by atoms with Crippen LogP contribution in [0.15, 0.2) is 24.3 Å². The fourth-order valence-corrected chi connectivity index (χ4v) is 3.57. The van der Waals surface area contributed by atoms with Crippen molar-refractivity contribution in [2.24, 2.45) is 5.92 Å². The number of amides is 2. The van der Waals surface area contributed by atoms with Crippen molar-refractivity contribution in [2.45, 2.75) is 38.6 Å². The number of hydrogen-bond donors (Lipinski definition) is 0. The normalized spacial score (nSPS) is 23.7. The third-order valence-electron chi connectivity index (χ3n) is 5.03. The lowest BCUT2D eigenvalue weighted by molar-refractivity contribution is -0.384. The van der Waals surface area contributed by atoms with Crippen LogP contribution in [-0.4, -0.2) is 52.4 Å². The molecule has 1 aromatic rings. The molecule has 0 radical (unpaired) electrons. The number of rotatable bonds is 3. The molecule has 0 aliphatic carbocycles. The largest absolute Gasteiger partial charge is 0.415 e. The van der Waals surface area contributed by atoms with Gasteiger partial charge in [0, 0.05) is 44.2 Å². The van der Waals surface area contributed by atoms with Gasteiger partial charge in [0.2, 0.25) is 5.91 Å². The molecule has 140 valence electrons. The zero-order valence-electron chi connectivity index (χ0n) is 14.8. The summed E-state index contributed by atoms with van der Waals surface area (Å²) in [4.78, 5) is 38.4. The Balaban J connectivity index is 1.60. The second kappa shape index (κ2) is 7.72. The second-order valence-electron chi connectivity index (χ2n) is 7.05. The molecule has 1 unspecified atom stereocenters. The maximum Gasteiger partial charge on any atom is 0.415 e. The molecule has 0 N–H and O–H groups in total. The van der Waals surface area contributed by atoms with Crippen molar-refractivity contribution in [3.63, 3.8) is 0 Å². The van der Waals surface area contributed by atoms with Crippen molar-refractivity contribution >= 4 is 17.7 Å². The lowest BCUT2D eigenvalue weighted by atomic mass is 9.95. The molecule has 0 bridgehead atoms. The first-order chi connectivity index (χ1) is 12.4. The Bertz CT molecular complexity index is 691. The van der Waals surface area contributed by atoms with Crippen molar-refractivity contribution < 1.29 is 19.2 Å². The summed E-state index contributed by atoms with van der Waals surface area (Å²) in [6.07, 6.45) is 2.72. The van der Waals surface area contributed by atoms with Crippen molar-refractivity contribution in [3.05, 3.63) is 34.4 Å². The van der Waals surface area contributed by atoms with Gasteiger partial charge >= 0.3 is 6.09 Å². The van der Waals surface area contributed by atoms with E-state index in [1.54, 1.807) is 4.90 Å². The van der Waals surface area contributed by atoms with Crippen LogP contribution in [0.1, 0.15) is 32.6 Å². The SMILES string of the molecule is CC1CCC(=O)N([C@@H]2CCCN(C(=O)Oc3ccc([N+](=O)[O-])cc3)C2)C1. The van der Waals surface area contributed by atoms with Gasteiger partial charge < -0.3 is 14.5 Å². The maximum absolute atomic E-state index is 12.4. The number of carbonyl (C=O) groups is 2. The van der Waals surface area contributed by atoms with Gasteiger partial charge in [0.1, 0.15) is 5.75 Å². The molecule has 2 saturated heterocycles. The van der Waals surface area contributed by atoms with E-state index >= 15 is 0 Å². The molecule has 26 heavy (non-hydrogen) atoms. The molecule has 1 aromatic carbocycles. The molecule has 2 atom stereocenters. The van der Waals surface area contributed by atoms with Crippen LogP contribution in [0, 0.1) is 16.0 Å². The first-order valence-corrected chi connectivity index (χ1v) is 8.94. The Morgan fingerprint density at radius 1 is 1.23 bits per heavy atom. The number of non-ortho nitro benzene ring substituents is 1. The standard InChI is InChI=1S/C18H23N3O5/c1-13-4-9-17(22)20(11-13)15-3-2-10-19(12-15)18(23)26-16-7-5-14(6-8-16)21(24)25/h5-8,13,15H,2-4,9-12H2,1H3/t13?,15-/m1/s1. The Morgan fingerprint density at radius 2 is 1.96 bits per heavy atom. The summed E-state index contributed by atoms with van der Waals surface area (Å²) in [5, 5.41) is 10.7. The number of likely N-dealkylation sites (tertiary alicyclic amines) is 2. The van der Waals surface area contributed by atoms with Crippen LogP contribution in [-0.2, 0) is 4.79 Å². The van der Waals surface area contributed by atoms with Gasteiger partial charge in [-0.15, -0.1) is 0 Å². The van der Waals surface area contributed by atoms with E-state index < -0.39 is 11.0 Å². The van der Waals surface area contributed by atoms with Crippen LogP contribution < -0.4 is 4.74 Å². The molecular weight excluding hydrogens is 338 g/mol. The minimum absolute atomic E-state index is 0.0309. The van der Waals surface area contributed by atoms with Crippen LogP contribution in [0.25, 0.3) is 0 Å². The number of nitro benzene ring substituents is 1. The van der Waals surface area contributed by atoms with Gasteiger partial charge in [0.25, 0.3) is 5.69 Å². The number of benzene rings is 1. The number of nitrogens with zero attached hydrogens (tertiary/aromatic N) is 3. The van der Waals surface area contributed by atoms with Crippen molar-refractivity contribution in [1.29, 1.82) is 0 Å². The molecular formula is C18H23N3O5. The fraction of sp³-hybridized carbons (Fsp3) is 0.556. The number of piperidine rings is 2. The minimum atomic E-state index is -0.503. The lowest BCUT2D eigenvalue weighted by Crippen LogP contribution is -2.54. The van der Waals surface area contributed by atoms with Crippen LogP contribution >= 0.6 is 0 Å². The van der Waals surface area contributed by atoms with E-state index in [-0.39, 0.29) is 23.4 Å². The zero-order valence-corrected chi connectivity index (χ0v) is 14.8. The molecule has 0 spiro atoms. The maximum atomic E-state index is 12.4. The first-order valence-electron chi connectivity index (χ1n) is 8.94.